The molecule has 3 rings (SSSR count). The lowest BCUT2D eigenvalue weighted by atomic mass is 9.87. The number of hydrogen-bond acceptors (Lipinski definition) is 2. The number of halogens is 3. The molecule has 0 bridgehead atoms. The molecule has 0 spiro atoms. The maximum absolute atomic E-state index is 13.1. The Morgan fingerprint density at radius 1 is 1.38 bits per heavy atom. The highest BCUT2D eigenvalue weighted by molar-refractivity contribution is 5.95. The lowest BCUT2D eigenvalue weighted by Gasteiger charge is -2.29. The van der Waals surface area contributed by atoms with Crippen molar-refractivity contribution in [2.45, 2.75) is 25.7 Å². The fraction of sp³-hybridized carbons (Fsp3) is 0.412. The number of amides is 1. The molecule has 0 saturated carbocycles. The van der Waals surface area contributed by atoms with Crippen LogP contribution in [-0.4, -0.2) is 28.7 Å². The summed E-state index contributed by atoms with van der Waals surface area (Å²) in [5.41, 5.74) is 2.36. The maximum Gasteiger partial charge on any atom is 0.256 e. The van der Waals surface area contributed by atoms with Crippen molar-refractivity contribution in [1.29, 1.82) is 0 Å². The van der Waals surface area contributed by atoms with E-state index in [-0.39, 0.29) is 17.5 Å². The number of alkyl halides is 2. The zero-order valence-electron chi connectivity index (χ0n) is 13.3. The minimum atomic E-state index is -2.66. The molecule has 1 heterocycles. The standard InChI is InChI=1S/C17H18F3N3O/c1-22-15-8-11(2-3-12(15)9-21-22)17(24)23(10-16(19)20)14-6-4-13(18)5-7-14/h4-7,9,11,16H,2-3,8,10H2,1H3/t11-/m1/s1. The molecule has 1 aliphatic carbocycles. The van der Waals surface area contributed by atoms with E-state index in [1.807, 2.05) is 7.05 Å². The summed E-state index contributed by atoms with van der Waals surface area (Å²) in [7, 11) is 1.81. The molecule has 2 aromatic rings. The quantitative estimate of drug-likeness (QED) is 0.860. The highest BCUT2D eigenvalue weighted by atomic mass is 19.3. The first-order valence-electron chi connectivity index (χ1n) is 7.80. The van der Waals surface area contributed by atoms with Crippen molar-refractivity contribution in [1.82, 2.24) is 9.78 Å². The van der Waals surface area contributed by atoms with Gasteiger partial charge in [0.2, 0.25) is 5.91 Å². The molecule has 1 atom stereocenters. The zero-order chi connectivity index (χ0) is 17.3. The first kappa shape index (κ1) is 16.5. The van der Waals surface area contributed by atoms with Gasteiger partial charge in [0.1, 0.15) is 5.82 Å². The SMILES string of the molecule is Cn1ncc2c1C[C@H](C(=O)N(CC(F)F)c1ccc(F)cc1)CC2. The van der Waals surface area contributed by atoms with E-state index < -0.39 is 18.8 Å². The summed E-state index contributed by atoms with van der Waals surface area (Å²) in [6.45, 7) is -0.695. The summed E-state index contributed by atoms with van der Waals surface area (Å²) in [6.07, 6.45) is 0.900. The molecule has 0 N–H and O–H groups in total. The molecule has 0 radical (unpaired) electrons. The smallest absolute Gasteiger partial charge is 0.256 e. The average molecular weight is 337 g/mol. The van der Waals surface area contributed by atoms with Crippen LogP contribution in [0.2, 0.25) is 0 Å². The minimum absolute atomic E-state index is 0.289. The van der Waals surface area contributed by atoms with E-state index in [2.05, 4.69) is 5.10 Å². The maximum atomic E-state index is 13.1. The summed E-state index contributed by atoms with van der Waals surface area (Å²) in [5, 5.41) is 4.18. The van der Waals surface area contributed by atoms with Gasteiger partial charge in [-0.1, -0.05) is 0 Å². The highest BCUT2D eigenvalue weighted by Gasteiger charge is 2.32. The predicted molar refractivity (Wildman–Crippen MR) is 83.5 cm³/mol. The van der Waals surface area contributed by atoms with Crippen LogP contribution in [0, 0.1) is 11.7 Å². The molecule has 24 heavy (non-hydrogen) atoms. The van der Waals surface area contributed by atoms with Gasteiger partial charge in [0.05, 0.1) is 12.7 Å². The van der Waals surface area contributed by atoms with E-state index in [0.717, 1.165) is 16.2 Å². The first-order chi connectivity index (χ1) is 11.5. The number of aromatic nitrogens is 2. The number of rotatable bonds is 4. The number of carbonyl (C=O) groups is 1. The Bertz CT molecular complexity index is 727. The molecule has 1 aromatic carbocycles. The summed E-state index contributed by atoms with van der Waals surface area (Å²) in [5.74, 6) is -1.20. The second kappa shape index (κ2) is 6.67. The Balaban J connectivity index is 1.84. The van der Waals surface area contributed by atoms with E-state index in [4.69, 9.17) is 0 Å². The summed E-state index contributed by atoms with van der Waals surface area (Å²) in [4.78, 5) is 13.9. The Labute approximate surface area is 137 Å². The lowest BCUT2D eigenvalue weighted by molar-refractivity contribution is -0.123. The number of hydrogen-bond donors (Lipinski definition) is 0. The van der Waals surface area contributed by atoms with Gasteiger partial charge in [-0.2, -0.15) is 5.10 Å². The van der Waals surface area contributed by atoms with Gasteiger partial charge in [-0.25, -0.2) is 13.2 Å². The van der Waals surface area contributed by atoms with Crippen molar-refractivity contribution < 1.29 is 18.0 Å². The van der Waals surface area contributed by atoms with Crippen LogP contribution in [-0.2, 0) is 24.7 Å². The number of nitrogens with zero attached hydrogens (tertiary/aromatic N) is 3. The van der Waals surface area contributed by atoms with Gasteiger partial charge in [0, 0.05) is 30.8 Å². The molecule has 7 heteroatoms. The van der Waals surface area contributed by atoms with E-state index in [1.165, 1.54) is 24.3 Å². The Morgan fingerprint density at radius 3 is 2.75 bits per heavy atom. The van der Waals surface area contributed by atoms with Crippen LogP contribution in [0.3, 0.4) is 0 Å². The monoisotopic (exact) mass is 337 g/mol. The van der Waals surface area contributed by atoms with Crippen molar-refractivity contribution in [3.05, 3.63) is 47.5 Å². The van der Waals surface area contributed by atoms with Crippen molar-refractivity contribution in [2.75, 3.05) is 11.4 Å². The van der Waals surface area contributed by atoms with E-state index in [9.17, 15) is 18.0 Å². The Morgan fingerprint density at radius 2 is 2.08 bits per heavy atom. The summed E-state index contributed by atoms with van der Waals surface area (Å²) in [6, 6.07) is 5.05. The zero-order valence-corrected chi connectivity index (χ0v) is 13.3. The van der Waals surface area contributed by atoms with E-state index >= 15 is 0 Å². The second-order valence-corrected chi connectivity index (χ2v) is 6.00. The molecule has 0 aliphatic heterocycles. The van der Waals surface area contributed by atoms with Gasteiger partial charge < -0.3 is 4.90 Å². The molecule has 1 aliphatic rings. The fourth-order valence-corrected chi connectivity index (χ4v) is 3.16. The van der Waals surface area contributed by atoms with Crippen LogP contribution in [0.5, 0.6) is 0 Å². The second-order valence-electron chi connectivity index (χ2n) is 6.00. The molecule has 4 nitrogen and oxygen atoms in total. The average Bonchev–Trinajstić information content (AvgIpc) is 2.93. The van der Waals surface area contributed by atoms with Crippen molar-refractivity contribution in [2.24, 2.45) is 13.0 Å². The molecular weight excluding hydrogens is 319 g/mol. The van der Waals surface area contributed by atoms with Gasteiger partial charge in [-0.3, -0.25) is 9.48 Å². The van der Waals surface area contributed by atoms with E-state index in [1.54, 1.807) is 10.9 Å². The van der Waals surface area contributed by atoms with Crippen molar-refractivity contribution in [3.8, 4) is 0 Å². The predicted octanol–water partition coefficient (Wildman–Crippen LogP) is 2.96. The Hall–Kier alpha value is -2.31. The number of carbonyl (C=O) groups excluding carboxylic acids is 1. The van der Waals surface area contributed by atoms with Crippen LogP contribution in [0.25, 0.3) is 0 Å². The lowest BCUT2D eigenvalue weighted by Crippen LogP contribution is -2.41. The first-order valence-corrected chi connectivity index (χ1v) is 7.80. The van der Waals surface area contributed by atoms with Crippen molar-refractivity contribution in [3.63, 3.8) is 0 Å². The number of fused-ring (bicyclic) bond motifs is 1. The van der Waals surface area contributed by atoms with E-state index in [0.29, 0.717) is 19.3 Å². The van der Waals surface area contributed by atoms with Crippen LogP contribution < -0.4 is 4.90 Å². The van der Waals surface area contributed by atoms with Gasteiger partial charge in [-0.15, -0.1) is 0 Å². The molecule has 1 aromatic heterocycles. The van der Waals surface area contributed by atoms with Crippen LogP contribution in [0.4, 0.5) is 18.9 Å². The number of benzene rings is 1. The molecule has 128 valence electrons. The van der Waals surface area contributed by atoms with Gasteiger partial charge in [0.25, 0.3) is 6.43 Å². The molecule has 0 unspecified atom stereocenters. The summed E-state index contributed by atoms with van der Waals surface area (Å²) < 4.78 is 40.7. The van der Waals surface area contributed by atoms with Gasteiger partial charge in [0.15, 0.2) is 0 Å². The Kier molecular flexibility index (Phi) is 4.59. The fourth-order valence-electron chi connectivity index (χ4n) is 3.16. The highest BCUT2D eigenvalue weighted by Crippen LogP contribution is 2.28. The number of anilines is 1. The van der Waals surface area contributed by atoms with Gasteiger partial charge in [-0.05, 0) is 42.7 Å². The summed E-state index contributed by atoms with van der Waals surface area (Å²) >= 11 is 0. The van der Waals surface area contributed by atoms with Gasteiger partial charge >= 0.3 is 0 Å². The molecule has 0 fully saturated rings. The van der Waals surface area contributed by atoms with Crippen LogP contribution in [0.15, 0.2) is 30.5 Å². The molecule has 0 saturated heterocycles. The van der Waals surface area contributed by atoms with Crippen LogP contribution in [0.1, 0.15) is 17.7 Å². The number of aryl methyl sites for hydroxylation is 2. The van der Waals surface area contributed by atoms with Crippen LogP contribution >= 0.6 is 0 Å². The third-order valence-electron chi connectivity index (χ3n) is 4.42. The normalized spacial score (nSPS) is 17.0. The minimum Gasteiger partial charge on any atom is -0.306 e. The molecular formula is C17H18F3N3O. The topological polar surface area (TPSA) is 38.1 Å². The third kappa shape index (κ3) is 3.29. The largest absolute Gasteiger partial charge is 0.306 e. The van der Waals surface area contributed by atoms with Crippen molar-refractivity contribution >= 4 is 11.6 Å². The molecule has 1 amide bonds. The third-order valence-corrected chi connectivity index (χ3v) is 4.42.